The van der Waals surface area contributed by atoms with E-state index >= 15 is 0 Å². The fourth-order valence-corrected chi connectivity index (χ4v) is 3.57. The van der Waals surface area contributed by atoms with Crippen LogP contribution in [-0.4, -0.2) is 59.0 Å². The molecule has 0 radical (unpaired) electrons. The lowest BCUT2D eigenvalue weighted by atomic mass is 10.2. The lowest BCUT2D eigenvalue weighted by molar-refractivity contribution is 0.200. The summed E-state index contributed by atoms with van der Waals surface area (Å²) in [7, 11) is 1.87. The van der Waals surface area contributed by atoms with Gasteiger partial charge in [-0.05, 0) is 69.9 Å². The summed E-state index contributed by atoms with van der Waals surface area (Å²) in [6.07, 6.45) is 4.44. The first-order valence-corrected chi connectivity index (χ1v) is 9.77. The molecule has 0 bridgehead atoms. The highest BCUT2D eigenvalue weighted by Gasteiger charge is 2.19. The molecule has 2 heterocycles. The first-order valence-electron chi connectivity index (χ1n) is 9.77. The lowest BCUT2D eigenvalue weighted by Crippen LogP contribution is -2.40. The number of nitrogens with zero attached hydrogens (tertiary/aromatic N) is 3. The van der Waals surface area contributed by atoms with E-state index in [0.29, 0.717) is 0 Å². The fourth-order valence-electron chi connectivity index (χ4n) is 3.57. The molecular formula is C20H31N5O. The molecule has 0 aliphatic carbocycles. The molecule has 26 heavy (non-hydrogen) atoms. The number of hydrogen-bond acceptors (Lipinski definition) is 3. The van der Waals surface area contributed by atoms with E-state index in [4.69, 9.17) is 0 Å². The van der Waals surface area contributed by atoms with Gasteiger partial charge in [0.25, 0.3) is 0 Å². The molecule has 1 saturated heterocycles. The van der Waals surface area contributed by atoms with E-state index in [1.54, 1.807) is 4.90 Å². The molecule has 1 aliphatic rings. The number of rotatable bonds is 7. The number of likely N-dealkylation sites (tertiary alicyclic amines) is 1. The van der Waals surface area contributed by atoms with Crippen LogP contribution < -0.4 is 5.32 Å². The molecule has 2 N–H and O–H groups in total. The van der Waals surface area contributed by atoms with Gasteiger partial charge in [0, 0.05) is 13.6 Å². The molecule has 1 fully saturated rings. The quantitative estimate of drug-likeness (QED) is 0.798. The SMILES string of the molecule is CC[C@@H](NC(=O)N(C)CCCN1CCCC1)c1nc2ccc(C)cc2[nH]1. The second-order valence-electron chi connectivity index (χ2n) is 7.38. The Morgan fingerprint density at radius 3 is 2.88 bits per heavy atom. The number of imidazole rings is 1. The maximum Gasteiger partial charge on any atom is 0.317 e. The van der Waals surface area contributed by atoms with E-state index in [1.807, 2.05) is 13.1 Å². The summed E-state index contributed by atoms with van der Waals surface area (Å²) in [5.41, 5.74) is 3.16. The minimum Gasteiger partial charge on any atom is -0.340 e. The number of carbonyl (C=O) groups excluding carboxylic acids is 1. The van der Waals surface area contributed by atoms with Crippen LogP contribution in [0.5, 0.6) is 0 Å². The Labute approximate surface area is 156 Å². The molecule has 1 aromatic carbocycles. The fraction of sp³-hybridized carbons (Fsp3) is 0.600. The highest BCUT2D eigenvalue weighted by molar-refractivity contribution is 5.77. The second-order valence-corrected chi connectivity index (χ2v) is 7.38. The number of aromatic nitrogens is 2. The molecule has 6 heteroatoms. The van der Waals surface area contributed by atoms with Gasteiger partial charge in [0.05, 0.1) is 17.1 Å². The van der Waals surface area contributed by atoms with Gasteiger partial charge >= 0.3 is 6.03 Å². The van der Waals surface area contributed by atoms with Crippen molar-refractivity contribution < 1.29 is 4.79 Å². The maximum absolute atomic E-state index is 12.5. The summed E-state index contributed by atoms with van der Waals surface area (Å²) in [4.78, 5) is 24.8. The molecule has 3 rings (SSSR count). The summed E-state index contributed by atoms with van der Waals surface area (Å²) in [5.74, 6) is 0.826. The van der Waals surface area contributed by atoms with Gasteiger partial charge in [-0.25, -0.2) is 9.78 Å². The predicted octanol–water partition coefficient (Wildman–Crippen LogP) is 3.45. The van der Waals surface area contributed by atoms with Crippen molar-refractivity contribution >= 4 is 17.1 Å². The second kappa shape index (κ2) is 8.54. The molecule has 142 valence electrons. The summed E-state index contributed by atoms with van der Waals surface area (Å²) in [6.45, 7) is 8.40. The number of nitrogens with one attached hydrogen (secondary N) is 2. The van der Waals surface area contributed by atoms with E-state index in [2.05, 4.69) is 46.2 Å². The number of carbonyl (C=O) groups is 1. The number of hydrogen-bond donors (Lipinski definition) is 2. The van der Waals surface area contributed by atoms with Crippen LogP contribution in [0.2, 0.25) is 0 Å². The van der Waals surface area contributed by atoms with Crippen molar-refractivity contribution in [2.45, 2.75) is 45.6 Å². The minimum absolute atomic E-state index is 0.0325. The van der Waals surface area contributed by atoms with Crippen LogP contribution in [0.4, 0.5) is 4.79 Å². The van der Waals surface area contributed by atoms with E-state index in [0.717, 1.165) is 42.8 Å². The Bertz CT molecular complexity index is 735. The largest absolute Gasteiger partial charge is 0.340 e. The Balaban J connectivity index is 1.54. The van der Waals surface area contributed by atoms with E-state index in [9.17, 15) is 4.79 Å². The molecule has 6 nitrogen and oxygen atoms in total. The van der Waals surface area contributed by atoms with Gasteiger partial charge < -0.3 is 20.1 Å². The van der Waals surface area contributed by atoms with Gasteiger partial charge in [0.15, 0.2) is 0 Å². The van der Waals surface area contributed by atoms with E-state index < -0.39 is 0 Å². The number of aromatic amines is 1. The van der Waals surface area contributed by atoms with Gasteiger partial charge in [0.2, 0.25) is 0 Å². The van der Waals surface area contributed by atoms with E-state index in [-0.39, 0.29) is 12.1 Å². The molecular weight excluding hydrogens is 326 g/mol. The third kappa shape index (κ3) is 4.55. The number of H-pyrrole nitrogens is 1. The van der Waals surface area contributed by atoms with Crippen LogP contribution in [0.1, 0.15) is 50.0 Å². The smallest absolute Gasteiger partial charge is 0.317 e. The van der Waals surface area contributed by atoms with Crippen molar-refractivity contribution in [1.29, 1.82) is 0 Å². The summed E-state index contributed by atoms with van der Waals surface area (Å²) in [5, 5.41) is 3.12. The molecule has 1 aliphatic heterocycles. The zero-order valence-electron chi connectivity index (χ0n) is 16.2. The van der Waals surface area contributed by atoms with Crippen molar-refractivity contribution in [2.24, 2.45) is 0 Å². The Hall–Kier alpha value is -2.08. The topological polar surface area (TPSA) is 64.3 Å². The number of urea groups is 1. The number of fused-ring (bicyclic) bond motifs is 1. The van der Waals surface area contributed by atoms with Crippen LogP contribution in [0.25, 0.3) is 11.0 Å². The molecule has 2 aromatic rings. The van der Waals surface area contributed by atoms with Crippen molar-refractivity contribution in [2.75, 3.05) is 33.2 Å². The average molecular weight is 358 g/mol. The summed E-state index contributed by atoms with van der Waals surface area (Å²) in [6, 6.07) is 6.03. The van der Waals surface area contributed by atoms with Crippen molar-refractivity contribution in [1.82, 2.24) is 25.1 Å². The third-order valence-electron chi connectivity index (χ3n) is 5.20. The molecule has 0 spiro atoms. The van der Waals surface area contributed by atoms with Crippen LogP contribution >= 0.6 is 0 Å². The van der Waals surface area contributed by atoms with Gasteiger partial charge in [-0.2, -0.15) is 0 Å². The molecule has 2 amide bonds. The standard InChI is InChI=1S/C20H31N5O/c1-4-16(19-21-17-9-8-15(2)14-18(17)22-19)23-20(26)24(3)10-7-13-25-11-5-6-12-25/h8-9,14,16H,4-7,10-13H2,1-3H3,(H,21,22)(H,23,26)/t16-/m1/s1. The molecule has 0 unspecified atom stereocenters. The monoisotopic (exact) mass is 357 g/mol. The van der Waals surface area contributed by atoms with Gasteiger partial charge in [-0.15, -0.1) is 0 Å². The Kier molecular flexibility index (Phi) is 6.14. The van der Waals surface area contributed by atoms with Gasteiger partial charge in [0.1, 0.15) is 5.82 Å². The highest BCUT2D eigenvalue weighted by Crippen LogP contribution is 2.19. The van der Waals surface area contributed by atoms with Gasteiger partial charge in [-0.1, -0.05) is 13.0 Å². The Morgan fingerprint density at radius 2 is 2.15 bits per heavy atom. The predicted molar refractivity (Wildman–Crippen MR) is 105 cm³/mol. The van der Waals surface area contributed by atoms with Crippen molar-refractivity contribution in [3.05, 3.63) is 29.6 Å². The van der Waals surface area contributed by atoms with Crippen LogP contribution in [-0.2, 0) is 0 Å². The summed E-state index contributed by atoms with van der Waals surface area (Å²) >= 11 is 0. The zero-order chi connectivity index (χ0) is 18.5. The molecule has 0 saturated carbocycles. The normalized spacial score (nSPS) is 16.1. The number of benzene rings is 1. The molecule has 1 aromatic heterocycles. The van der Waals surface area contributed by atoms with E-state index in [1.165, 1.54) is 31.5 Å². The maximum atomic E-state index is 12.5. The van der Waals surface area contributed by atoms with Crippen LogP contribution in [0, 0.1) is 6.92 Å². The minimum atomic E-state index is -0.101. The first kappa shape index (κ1) is 18.7. The number of aryl methyl sites for hydroxylation is 1. The van der Waals surface area contributed by atoms with Crippen molar-refractivity contribution in [3.63, 3.8) is 0 Å². The zero-order valence-corrected chi connectivity index (χ0v) is 16.2. The Morgan fingerprint density at radius 1 is 1.38 bits per heavy atom. The molecule has 1 atom stereocenters. The number of amides is 2. The van der Waals surface area contributed by atoms with Crippen molar-refractivity contribution in [3.8, 4) is 0 Å². The van der Waals surface area contributed by atoms with Gasteiger partial charge in [-0.3, -0.25) is 0 Å². The average Bonchev–Trinajstić information content (AvgIpc) is 3.28. The summed E-state index contributed by atoms with van der Waals surface area (Å²) < 4.78 is 0. The lowest BCUT2D eigenvalue weighted by Gasteiger charge is -2.23. The third-order valence-corrected chi connectivity index (χ3v) is 5.20. The first-order chi connectivity index (χ1) is 12.6. The highest BCUT2D eigenvalue weighted by atomic mass is 16.2. The van der Waals surface area contributed by atoms with Crippen LogP contribution in [0.15, 0.2) is 18.2 Å². The van der Waals surface area contributed by atoms with Crippen LogP contribution in [0.3, 0.4) is 0 Å².